The van der Waals surface area contributed by atoms with Gasteiger partial charge in [0.25, 0.3) is 0 Å². The summed E-state index contributed by atoms with van der Waals surface area (Å²) >= 11 is 0. The van der Waals surface area contributed by atoms with Crippen molar-refractivity contribution in [2.24, 2.45) is 0 Å². The minimum absolute atomic E-state index is 0.938. The van der Waals surface area contributed by atoms with Crippen LogP contribution >= 0.6 is 0 Å². The Kier molecular flexibility index (Phi) is 3.11. The molecule has 0 radical (unpaired) electrons. The molecule has 9 rings (SSSR count). The third kappa shape index (κ3) is 2.11. The van der Waals surface area contributed by atoms with Gasteiger partial charge in [-0.2, -0.15) is 0 Å². The molecular formula is C31H18N4. The third-order valence-corrected chi connectivity index (χ3v) is 8.03. The smallest absolute Gasteiger partial charge is 0.146 e. The van der Waals surface area contributed by atoms with Crippen molar-refractivity contribution in [3.05, 3.63) is 108 Å². The van der Waals surface area contributed by atoms with Gasteiger partial charge in [0.05, 0.1) is 22.7 Å². The molecule has 3 aromatic carbocycles. The van der Waals surface area contributed by atoms with Crippen molar-refractivity contribution in [2.75, 3.05) is 0 Å². The molecule has 2 aliphatic carbocycles. The number of hydrogen-bond donors (Lipinski definition) is 0. The van der Waals surface area contributed by atoms with Crippen LogP contribution in [0.5, 0.6) is 0 Å². The van der Waals surface area contributed by atoms with Crippen LogP contribution < -0.4 is 0 Å². The molecule has 0 saturated heterocycles. The minimum atomic E-state index is 0.938. The van der Waals surface area contributed by atoms with Crippen molar-refractivity contribution in [3.63, 3.8) is 0 Å². The molecule has 0 amide bonds. The van der Waals surface area contributed by atoms with Crippen LogP contribution in [0.25, 0.3) is 60.6 Å². The zero-order valence-corrected chi connectivity index (χ0v) is 18.8. The molecule has 4 nitrogen and oxygen atoms in total. The normalized spacial score (nSPS) is 13.5. The maximum atomic E-state index is 5.06. The first-order chi connectivity index (χ1) is 17.4. The Morgan fingerprint density at radius 2 is 1.49 bits per heavy atom. The van der Waals surface area contributed by atoms with Crippen molar-refractivity contribution in [1.29, 1.82) is 0 Å². The molecule has 2 aliphatic rings. The Labute approximate surface area is 200 Å². The molecule has 0 aliphatic heterocycles. The van der Waals surface area contributed by atoms with Crippen molar-refractivity contribution in [2.45, 2.75) is 12.8 Å². The summed E-state index contributed by atoms with van der Waals surface area (Å²) in [7, 11) is 0. The van der Waals surface area contributed by atoms with E-state index >= 15 is 0 Å². The number of pyridine rings is 3. The van der Waals surface area contributed by atoms with E-state index in [1.807, 2.05) is 30.9 Å². The average Bonchev–Trinajstić information content (AvgIpc) is 3.59. The molecular weight excluding hydrogens is 428 g/mol. The highest BCUT2D eigenvalue weighted by Crippen LogP contribution is 2.50. The van der Waals surface area contributed by atoms with Crippen LogP contribution in [0.4, 0.5) is 0 Å². The number of hydrogen-bond acceptors (Lipinski definition) is 3. The fraction of sp³-hybridized carbons (Fsp3) is 0.0645. The van der Waals surface area contributed by atoms with Crippen molar-refractivity contribution in [1.82, 2.24) is 19.4 Å². The van der Waals surface area contributed by atoms with Crippen LogP contribution in [0.2, 0.25) is 0 Å². The Hall–Kier alpha value is -4.57. The second kappa shape index (κ2) is 6.10. The number of rotatable bonds is 0. The van der Waals surface area contributed by atoms with Crippen LogP contribution in [0.1, 0.15) is 22.3 Å². The molecule has 7 aromatic rings. The SMILES string of the molecule is c1ccc2c(c1)Cc1c-2ccc2c1-c1ccc3c(c1C2)c1cnccc1n1c2cnccc2nc31. The van der Waals surface area contributed by atoms with E-state index in [2.05, 4.69) is 69.0 Å². The number of benzene rings is 3. The van der Waals surface area contributed by atoms with Crippen molar-refractivity contribution >= 4 is 38.4 Å². The molecule has 0 atom stereocenters. The Morgan fingerprint density at radius 3 is 2.49 bits per heavy atom. The highest BCUT2D eigenvalue weighted by molar-refractivity contribution is 6.17. The summed E-state index contributed by atoms with van der Waals surface area (Å²) < 4.78 is 2.24. The maximum Gasteiger partial charge on any atom is 0.146 e. The number of nitrogens with zero attached hydrogens (tertiary/aromatic N) is 4. The summed E-state index contributed by atoms with van der Waals surface area (Å²) in [6.45, 7) is 0. The lowest BCUT2D eigenvalue weighted by Crippen LogP contribution is -1.95. The molecule has 0 N–H and O–H groups in total. The molecule has 35 heavy (non-hydrogen) atoms. The fourth-order valence-electron chi connectivity index (χ4n) is 6.62. The summed E-state index contributed by atoms with van der Waals surface area (Å²) in [5, 5.41) is 3.62. The topological polar surface area (TPSA) is 43.1 Å². The largest absolute Gasteiger partial charge is 0.290 e. The number of fused-ring (bicyclic) bond motifs is 16. The van der Waals surface area contributed by atoms with Crippen molar-refractivity contribution < 1.29 is 0 Å². The lowest BCUT2D eigenvalue weighted by atomic mass is 9.93. The quantitative estimate of drug-likeness (QED) is 0.243. The molecule has 0 fully saturated rings. The highest BCUT2D eigenvalue weighted by Gasteiger charge is 2.30. The predicted molar refractivity (Wildman–Crippen MR) is 140 cm³/mol. The fourth-order valence-corrected chi connectivity index (χ4v) is 6.62. The molecule has 0 saturated carbocycles. The van der Waals surface area contributed by atoms with E-state index in [1.54, 1.807) is 0 Å². The lowest BCUT2D eigenvalue weighted by Gasteiger charge is -2.13. The average molecular weight is 447 g/mol. The molecule has 162 valence electrons. The first-order valence-corrected chi connectivity index (χ1v) is 12.0. The van der Waals surface area contributed by atoms with Crippen LogP contribution in [-0.2, 0) is 12.8 Å². The minimum Gasteiger partial charge on any atom is -0.290 e. The molecule has 4 aromatic heterocycles. The van der Waals surface area contributed by atoms with Gasteiger partial charge in [0.2, 0.25) is 0 Å². The van der Waals surface area contributed by atoms with E-state index in [0.717, 1.165) is 35.0 Å². The third-order valence-electron chi connectivity index (χ3n) is 8.03. The maximum absolute atomic E-state index is 5.06. The monoisotopic (exact) mass is 446 g/mol. The van der Waals surface area contributed by atoms with Gasteiger partial charge in [0.15, 0.2) is 0 Å². The van der Waals surface area contributed by atoms with Crippen LogP contribution in [0, 0.1) is 0 Å². The van der Waals surface area contributed by atoms with Gasteiger partial charge in [-0.3, -0.25) is 14.4 Å². The predicted octanol–water partition coefficient (Wildman–Crippen LogP) is 6.73. The van der Waals surface area contributed by atoms with Gasteiger partial charge < -0.3 is 0 Å². The molecule has 0 spiro atoms. The second-order valence-electron chi connectivity index (χ2n) is 9.68. The van der Waals surface area contributed by atoms with Gasteiger partial charge in [-0.05, 0) is 75.5 Å². The lowest BCUT2D eigenvalue weighted by molar-refractivity contribution is 1.24. The molecule has 0 unspecified atom stereocenters. The second-order valence-corrected chi connectivity index (χ2v) is 9.68. The van der Waals surface area contributed by atoms with E-state index in [-0.39, 0.29) is 0 Å². The van der Waals surface area contributed by atoms with E-state index in [9.17, 15) is 0 Å². The summed E-state index contributed by atoms with van der Waals surface area (Å²) in [6, 6.07) is 22.2. The highest BCUT2D eigenvalue weighted by atomic mass is 15.0. The molecule has 4 heterocycles. The van der Waals surface area contributed by atoms with E-state index in [0.29, 0.717) is 0 Å². The number of aromatic nitrogens is 4. The Morgan fingerprint density at radius 1 is 0.629 bits per heavy atom. The zero-order chi connectivity index (χ0) is 22.7. The zero-order valence-electron chi connectivity index (χ0n) is 18.8. The van der Waals surface area contributed by atoms with E-state index in [1.165, 1.54) is 60.7 Å². The molecule has 4 heteroatoms. The van der Waals surface area contributed by atoms with Gasteiger partial charge >= 0.3 is 0 Å². The van der Waals surface area contributed by atoms with Gasteiger partial charge in [-0.25, -0.2) is 4.98 Å². The molecule has 0 bridgehead atoms. The Bertz CT molecular complexity index is 2070. The van der Waals surface area contributed by atoms with Crippen LogP contribution in [0.15, 0.2) is 85.5 Å². The summed E-state index contributed by atoms with van der Waals surface area (Å²) in [5.74, 6) is 0. The van der Waals surface area contributed by atoms with E-state index in [4.69, 9.17) is 4.98 Å². The van der Waals surface area contributed by atoms with Gasteiger partial charge in [0, 0.05) is 34.7 Å². The standard InChI is InChI=1S/C31H18N4/c1-2-4-19-17(3-1)13-23-20(19)6-5-18-14-24-21(29(18)23)7-8-22-30(24)25-15-32-12-10-27(25)35-28-16-33-11-9-26(28)34-31(22)35/h1-12,15-16H,13-14H2. The van der Waals surface area contributed by atoms with Gasteiger partial charge in [-0.15, -0.1) is 0 Å². The summed E-state index contributed by atoms with van der Waals surface area (Å²) in [6.07, 6.45) is 9.55. The van der Waals surface area contributed by atoms with Gasteiger partial charge in [0.1, 0.15) is 5.65 Å². The number of imidazole rings is 1. The first kappa shape index (κ1) is 17.8. The summed E-state index contributed by atoms with van der Waals surface area (Å²) in [4.78, 5) is 14.0. The summed E-state index contributed by atoms with van der Waals surface area (Å²) in [5.41, 5.74) is 15.4. The van der Waals surface area contributed by atoms with Crippen molar-refractivity contribution in [3.8, 4) is 22.3 Å². The van der Waals surface area contributed by atoms with Crippen LogP contribution in [-0.4, -0.2) is 19.4 Å². The Balaban J connectivity index is 1.42. The van der Waals surface area contributed by atoms with E-state index < -0.39 is 0 Å². The first-order valence-electron chi connectivity index (χ1n) is 12.0. The van der Waals surface area contributed by atoms with Crippen LogP contribution in [0.3, 0.4) is 0 Å². The van der Waals surface area contributed by atoms with Gasteiger partial charge in [-0.1, -0.05) is 42.5 Å².